The zero-order chi connectivity index (χ0) is 10.5. The van der Waals surface area contributed by atoms with Crippen molar-refractivity contribution in [3.8, 4) is 0 Å². The molecule has 0 aliphatic heterocycles. The Hall–Kier alpha value is -1.38. The average molecular weight is 219 g/mol. The Balaban J connectivity index is 2.34. The molecule has 1 unspecified atom stereocenters. The van der Waals surface area contributed by atoms with Crippen LogP contribution in [0.1, 0.15) is 17.3 Å². The van der Waals surface area contributed by atoms with Gasteiger partial charge in [-0.2, -0.15) is 0 Å². The van der Waals surface area contributed by atoms with E-state index >= 15 is 0 Å². The molecule has 0 bridgehead atoms. The van der Waals surface area contributed by atoms with Crippen LogP contribution < -0.4 is 4.84 Å². The third-order valence-electron chi connectivity index (χ3n) is 2.23. The zero-order valence-electron chi connectivity index (χ0n) is 8.10. The lowest BCUT2D eigenvalue weighted by Gasteiger charge is -2.13. The van der Waals surface area contributed by atoms with Gasteiger partial charge in [0, 0.05) is 6.20 Å². The largest absolute Gasteiger partial charge is 0.259 e. The molecular weight excluding hydrogens is 208 g/mol. The second-order valence-corrected chi connectivity index (χ2v) is 3.43. The zero-order valence-corrected chi connectivity index (χ0v) is 8.85. The van der Waals surface area contributed by atoms with Crippen molar-refractivity contribution < 1.29 is 0 Å². The molecule has 2 rings (SSSR count). The van der Waals surface area contributed by atoms with Crippen molar-refractivity contribution in [2.24, 2.45) is 0 Å². The molecule has 0 saturated heterocycles. The van der Waals surface area contributed by atoms with Crippen LogP contribution in [0.3, 0.4) is 0 Å². The van der Waals surface area contributed by atoms with Crippen molar-refractivity contribution in [3.63, 3.8) is 0 Å². The van der Waals surface area contributed by atoms with Crippen LogP contribution in [0.2, 0.25) is 0 Å². The summed E-state index contributed by atoms with van der Waals surface area (Å²) >= 11 is 5.75. The van der Waals surface area contributed by atoms with Gasteiger partial charge in [-0.05, 0) is 29.5 Å². The molecule has 1 heterocycles. The fourth-order valence-corrected chi connectivity index (χ4v) is 1.72. The van der Waals surface area contributed by atoms with E-state index in [2.05, 4.69) is 9.82 Å². The van der Waals surface area contributed by atoms with Crippen molar-refractivity contribution in [2.75, 3.05) is 0 Å². The van der Waals surface area contributed by atoms with E-state index < -0.39 is 0 Å². The molecular formula is C12H11ClN2. The van der Waals surface area contributed by atoms with Crippen LogP contribution in [0.15, 0.2) is 54.7 Å². The van der Waals surface area contributed by atoms with Crippen molar-refractivity contribution in [1.29, 1.82) is 0 Å². The number of halogens is 1. The molecule has 0 spiro atoms. The summed E-state index contributed by atoms with van der Waals surface area (Å²) in [4.78, 5) is 7.02. The second-order valence-electron chi connectivity index (χ2n) is 3.21. The first kappa shape index (κ1) is 10.1. The molecule has 2 aromatic rings. The fourth-order valence-electron chi connectivity index (χ4n) is 1.48. The van der Waals surface area contributed by atoms with E-state index in [9.17, 15) is 0 Å². The highest BCUT2D eigenvalue weighted by Gasteiger charge is 2.12. The quantitative estimate of drug-likeness (QED) is 0.802. The van der Waals surface area contributed by atoms with E-state index in [1.54, 1.807) is 6.20 Å². The summed E-state index contributed by atoms with van der Waals surface area (Å²) in [6, 6.07) is 15.7. The molecule has 1 atom stereocenters. The van der Waals surface area contributed by atoms with Crippen LogP contribution >= 0.6 is 11.8 Å². The summed E-state index contributed by atoms with van der Waals surface area (Å²) in [7, 11) is 0. The third-order valence-corrected chi connectivity index (χ3v) is 2.44. The van der Waals surface area contributed by atoms with E-state index in [1.165, 1.54) is 0 Å². The van der Waals surface area contributed by atoms with E-state index in [0.29, 0.717) is 0 Å². The molecule has 76 valence electrons. The molecule has 0 amide bonds. The summed E-state index contributed by atoms with van der Waals surface area (Å²) in [6.07, 6.45) is 1.76. The Bertz CT molecular complexity index is 363. The Morgan fingerprint density at radius 2 is 1.73 bits per heavy atom. The van der Waals surface area contributed by atoms with Gasteiger partial charge in [0.2, 0.25) is 0 Å². The highest BCUT2D eigenvalue weighted by Crippen LogP contribution is 2.19. The molecule has 1 aromatic heterocycles. The topological polar surface area (TPSA) is 24.9 Å². The van der Waals surface area contributed by atoms with E-state index in [-0.39, 0.29) is 6.04 Å². The molecule has 15 heavy (non-hydrogen) atoms. The standard InChI is InChI=1S/C12H11ClN2/c13-15-12(10-6-2-1-3-7-10)11-8-4-5-9-14-11/h1-9,12,15H. The van der Waals surface area contributed by atoms with Crippen LogP contribution in [0.5, 0.6) is 0 Å². The lowest BCUT2D eigenvalue weighted by Crippen LogP contribution is -2.14. The maximum absolute atomic E-state index is 5.75. The lowest BCUT2D eigenvalue weighted by atomic mass is 10.0. The Morgan fingerprint density at radius 3 is 2.33 bits per heavy atom. The number of nitrogens with zero attached hydrogens (tertiary/aromatic N) is 1. The monoisotopic (exact) mass is 218 g/mol. The Kier molecular flexibility index (Phi) is 3.33. The molecule has 0 fully saturated rings. The number of hydrogen-bond acceptors (Lipinski definition) is 2. The molecule has 0 aliphatic rings. The van der Waals surface area contributed by atoms with Gasteiger partial charge in [-0.3, -0.25) is 4.98 Å². The molecule has 1 N–H and O–H groups in total. The smallest absolute Gasteiger partial charge is 0.0891 e. The summed E-state index contributed by atoms with van der Waals surface area (Å²) in [5.74, 6) is 0. The molecule has 3 heteroatoms. The number of nitrogens with one attached hydrogen (secondary N) is 1. The number of aromatic nitrogens is 1. The molecule has 1 aromatic carbocycles. The summed E-state index contributed by atoms with van der Waals surface area (Å²) < 4.78 is 0. The van der Waals surface area contributed by atoms with E-state index in [1.807, 2.05) is 48.5 Å². The van der Waals surface area contributed by atoms with Crippen molar-refractivity contribution in [3.05, 3.63) is 66.0 Å². The van der Waals surface area contributed by atoms with Gasteiger partial charge in [-0.15, -0.1) is 0 Å². The number of pyridine rings is 1. The first-order chi connectivity index (χ1) is 7.42. The Labute approximate surface area is 94.0 Å². The second kappa shape index (κ2) is 4.91. The molecule has 0 radical (unpaired) electrons. The van der Waals surface area contributed by atoms with Gasteiger partial charge in [-0.1, -0.05) is 36.4 Å². The molecule has 0 saturated carbocycles. The first-order valence-corrected chi connectivity index (χ1v) is 5.11. The fraction of sp³-hybridized carbons (Fsp3) is 0.0833. The van der Waals surface area contributed by atoms with Crippen LogP contribution in [0.25, 0.3) is 0 Å². The maximum atomic E-state index is 5.75. The summed E-state index contributed by atoms with van der Waals surface area (Å²) in [5, 5.41) is 0. The minimum atomic E-state index is -0.0610. The predicted molar refractivity (Wildman–Crippen MR) is 61.5 cm³/mol. The summed E-state index contributed by atoms with van der Waals surface area (Å²) in [6.45, 7) is 0. The number of hydrogen-bond donors (Lipinski definition) is 1. The van der Waals surface area contributed by atoms with Crippen LogP contribution in [0.4, 0.5) is 0 Å². The van der Waals surface area contributed by atoms with E-state index in [0.717, 1.165) is 11.3 Å². The SMILES string of the molecule is ClNC(c1ccccc1)c1ccccn1. The summed E-state index contributed by atoms with van der Waals surface area (Å²) in [5.41, 5.74) is 2.02. The van der Waals surface area contributed by atoms with Crippen molar-refractivity contribution in [1.82, 2.24) is 9.82 Å². The third kappa shape index (κ3) is 2.35. The van der Waals surface area contributed by atoms with Gasteiger partial charge in [0.25, 0.3) is 0 Å². The molecule has 0 aliphatic carbocycles. The van der Waals surface area contributed by atoms with Crippen LogP contribution in [0, 0.1) is 0 Å². The minimum Gasteiger partial charge on any atom is -0.259 e. The van der Waals surface area contributed by atoms with Gasteiger partial charge >= 0.3 is 0 Å². The highest BCUT2D eigenvalue weighted by molar-refractivity contribution is 6.13. The van der Waals surface area contributed by atoms with Crippen LogP contribution in [-0.4, -0.2) is 4.98 Å². The van der Waals surface area contributed by atoms with Gasteiger partial charge in [0.15, 0.2) is 0 Å². The minimum absolute atomic E-state index is 0.0610. The normalized spacial score (nSPS) is 12.3. The van der Waals surface area contributed by atoms with Gasteiger partial charge in [0.05, 0.1) is 11.7 Å². The van der Waals surface area contributed by atoms with E-state index in [4.69, 9.17) is 11.8 Å². The maximum Gasteiger partial charge on any atom is 0.0891 e. The predicted octanol–water partition coefficient (Wildman–Crippen LogP) is 2.91. The van der Waals surface area contributed by atoms with Gasteiger partial charge in [0.1, 0.15) is 0 Å². The number of benzene rings is 1. The van der Waals surface area contributed by atoms with Gasteiger partial charge < -0.3 is 0 Å². The van der Waals surface area contributed by atoms with Gasteiger partial charge in [-0.25, -0.2) is 4.84 Å². The van der Waals surface area contributed by atoms with Crippen molar-refractivity contribution in [2.45, 2.75) is 6.04 Å². The first-order valence-electron chi connectivity index (χ1n) is 4.74. The molecule has 2 nitrogen and oxygen atoms in total. The number of rotatable bonds is 3. The Morgan fingerprint density at radius 1 is 1.00 bits per heavy atom. The lowest BCUT2D eigenvalue weighted by molar-refractivity contribution is 0.761. The highest BCUT2D eigenvalue weighted by atomic mass is 35.5. The van der Waals surface area contributed by atoms with Crippen molar-refractivity contribution >= 4 is 11.8 Å². The average Bonchev–Trinajstić information content (AvgIpc) is 2.33. The van der Waals surface area contributed by atoms with Crippen LogP contribution in [-0.2, 0) is 0 Å².